The number of benzene rings is 1. The SMILES string of the molecule is Cc1cccnc1C(=O)NCc1coc(-c2ccc(OC(F)F)cc2)n1. The highest BCUT2D eigenvalue weighted by Crippen LogP contribution is 2.22. The van der Waals surface area contributed by atoms with Crippen molar-refractivity contribution in [2.75, 3.05) is 0 Å². The average Bonchev–Trinajstić information content (AvgIpc) is 3.09. The number of nitrogens with one attached hydrogen (secondary N) is 1. The predicted octanol–water partition coefficient (Wildman–Crippen LogP) is 3.58. The third-order valence-electron chi connectivity index (χ3n) is 3.53. The number of aromatic nitrogens is 2. The van der Waals surface area contributed by atoms with Crippen molar-refractivity contribution in [3.8, 4) is 17.2 Å². The number of rotatable bonds is 6. The number of hydrogen-bond donors (Lipinski definition) is 1. The van der Waals surface area contributed by atoms with Gasteiger partial charge in [0, 0.05) is 11.8 Å². The molecule has 0 unspecified atom stereocenters. The zero-order valence-corrected chi connectivity index (χ0v) is 13.8. The average molecular weight is 359 g/mol. The molecule has 0 aliphatic rings. The van der Waals surface area contributed by atoms with E-state index in [4.69, 9.17) is 4.42 Å². The summed E-state index contributed by atoms with van der Waals surface area (Å²) in [6.45, 7) is -0.900. The van der Waals surface area contributed by atoms with Crippen LogP contribution in [0.15, 0.2) is 53.3 Å². The zero-order valence-electron chi connectivity index (χ0n) is 13.8. The van der Waals surface area contributed by atoms with E-state index in [2.05, 4.69) is 20.0 Å². The normalized spacial score (nSPS) is 10.8. The first-order valence-corrected chi connectivity index (χ1v) is 7.72. The molecule has 8 heteroatoms. The summed E-state index contributed by atoms with van der Waals surface area (Å²) in [7, 11) is 0. The summed E-state index contributed by atoms with van der Waals surface area (Å²) >= 11 is 0. The molecule has 1 N–H and O–H groups in total. The maximum Gasteiger partial charge on any atom is 0.387 e. The number of aryl methyl sites for hydroxylation is 1. The lowest BCUT2D eigenvalue weighted by atomic mass is 10.2. The van der Waals surface area contributed by atoms with E-state index >= 15 is 0 Å². The highest BCUT2D eigenvalue weighted by Gasteiger charge is 2.12. The van der Waals surface area contributed by atoms with Crippen LogP contribution >= 0.6 is 0 Å². The van der Waals surface area contributed by atoms with Gasteiger partial charge in [-0.05, 0) is 42.8 Å². The van der Waals surface area contributed by atoms with Crippen LogP contribution in [0.25, 0.3) is 11.5 Å². The maximum absolute atomic E-state index is 12.2. The second-order valence-electron chi connectivity index (χ2n) is 5.40. The van der Waals surface area contributed by atoms with Crippen LogP contribution in [0.2, 0.25) is 0 Å². The second kappa shape index (κ2) is 7.73. The summed E-state index contributed by atoms with van der Waals surface area (Å²) < 4.78 is 34.0. The van der Waals surface area contributed by atoms with Gasteiger partial charge in [-0.15, -0.1) is 0 Å². The van der Waals surface area contributed by atoms with Gasteiger partial charge in [0.2, 0.25) is 5.89 Å². The summed E-state index contributed by atoms with van der Waals surface area (Å²) in [5.41, 5.74) is 2.25. The van der Waals surface area contributed by atoms with E-state index in [0.717, 1.165) is 5.56 Å². The first kappa shape index (κ1) is 17.5. The van der Waals surface area contributed by atoms with Crippen molar-refractivity contribution in [1.29, 1.82) is 0 Å². The molecular weight excluding hydrogens is 344 g/mol. The molecular formula is C18H15F2N3O3. The van der Waals surface area contributed by atoms with Crippen LogP contribution in [0.1, 0.15) is 21.7 Å². The van der Waals surface area contributed by atoms with Crippen LogP contribution in [-0.4, -0.2) is 22.5 Å². The molecule has 0 saturated carbocycles. The van der Waals surface area contributed by atoms with E-state index in [9.17, 15) is 13.6 Å². The summed E-state index contributed by atoms with van der Waals surface area (Å²) in [5, 5.41) is 2.72. The van der Waals surface area contributed by atoms with Crippen molar-refractivity contribution in [2.24, 2.45) is 0 Å². The minimum atomic E-state index is -2.87. The van der Waals surface area contributed by atoms with Crippen molar-refractivity contribution in [3.05, 3.63) is 65.8 Å². The van der Waals surface area contributed by atoms with Gasteiger partial charge >= 0.3 is 6.61 Å². The molecule has 0 fully saturated rings. The van der Waals surface area contributed by atoms with Crippen LogP contribution in [-0.2, 0) is 6.54 Å². The predicted molar refractivity (Wildman–Crippen MR) is 88.7 cm³/mol. The molecule has 2 heterocycles. The number of carbonyl (C=O) groups excluding carboxylic acids is 1. The van der Waals surface area contributed by atoms with E-state index in [1.54, 1.807) is 37.4 Å². The fraction of sp³-hybridized carbons (Fsp3) is 0.167. The molecule has 0 atom stereocenters. The van der Waals surface area contributed by atoms with Gasteiger partial charge in [-0.3, -0.25) is 9.78 Å². The molecule has 26 heavy (non-hydrogen) atoms. The minimum Gasteiger partial charge on any atom is -0.444 e. The standard InChI is InChI=1S/C18H15F2N3O3/c1-11-3-2-8-21-15(11)16(24)22-9-13-10-25-17(23-13)12-4-6-14(7-5-12)26-18(19)20/h2-8,10,18H,9H2,1H3,(H,22,24). The third-order valence-corrected chi connectivity index (χ3v) is 3.53. The Balaban J connectivity index is 1.63. The number of halogens is 2. The number of amides is 1. The Labute approximate surface area is 147 Å². The van der Waals surface area contributed by atoms with Crippen LogP contribution < -0.4 is 10.1 Å². The molecule has 6 nitrogen and oxygen atoms in total. The van der Waals surface area contributed by atoms with Gasteiger partial charge in [-0.2, -0.15) is 8.78 Å². The van der Waals surface area contributed by atoms with Gasteiger partial charge in [0.1, 0.15) is 17.7 Å². The highest BCUT2D eigenvalue weighted by molar-refractivity contribution is 5.93. The molecule has 2 aromatic heterocycles. The highest BCUT2D eigenvalue weighted by atomic mass is 19.3. The third kappa shape index (κ3) is 4.21. The Bertz CT molecular complexity index is 895. The molecule has 3 rings (SSSR count). The summed E-state index contributed by atoms with van der Waals surface area (Å²) in [6.07, 6.45) is 2.97. The minimum absolute atomic E-state index is 0.0496. The van der Waals surface area contributed by atoms with E-state index in [1.807, 2.05) is 0 Å². The van der Waals surface area contributed by atoms with Crippen LogP contribution in [0.5, 0.6) is 5.75 Å². The van der Waals surface area contributed by atoms with E-state index < -0.39 is 6.61 Å². The lowest BCUT2D eigenvalue weighted by Gasteiger charge is -2.04. The lowest BCUT2D eigenvalue weighted by molar-refractivity contribution is -0.0498. The monoisotopic (exact) mass is 359 g/mol. The molecule has 134 valence electrons. The molecule has 0 bridgehead atoms. The van der Waals surface area contributed by atoms with E-state index in [-0.39, 0.29) is 18.2 Å². The Morgan fingerprint density at radius 1 is 1.27 bits per heavy atom. The fourth-order valence-electron chi connectivity index (χ4n) is 2.28. The van der Waals surface area contributed by atoms with Crippen LogP contribution in [0, 0.1) is 6.92 Å². The summed E-state index contributed by atoms with van der Waals surface area (Å²) in [6, 6.07) is 9.48. The number of hydrogen-bond acceptors (Lipinski definition) is 5. The quantitative estimate of drug-likeness (QED) is 0.728. The molecule has 3 aromatic rings. The van der Waals surface area contributed by atoms with Gasteiger partial charge in [0.15, 0.2) is 0 Å². The largest absolute Gasteiger partial charge is 0.444 e. The number of alkyl halides is 2. The Hall–Kier alpha value is -3.29. The smallest absolute Gasteiger partial charge is 0.387 e. The number of nitrogens with zero attached hydrogens (tertiary/aromatic N) is 2. The first-order valence-electron chi connectivity index (χ1n) is 7.72. The molecule has 0 saturated heterocycles. The summed E-state index contributed by atoms with van der Waals surface area (Å²) in [5.74, 6) is 0.0570. The number of pyridine rings is 1. The van der Waals surface area contributed by atoms with E-state index in [0.29, 0.717) is 22.8 Å². The fourth-order valence-corrected chi connectivity index (χ4v) is 2.28. The number of oxazole rings is 1. The molecule has 0 aliphatic carbocycles. The Morgan fingerprint density at radius 3 is 2.73 bits per heavy atom. The van der Waals surface area contributed by atoms with Gasteiger partial charge in [0.05, 0.1) is 12.2 Å². The molecule has 0 radical (unpaired) electrons. The van der Waals surface area contributed by atoms with Crippen molar-refractivity contribution in [2.45, 2.75) is 20.1 Å². The zero-order chi connectivity index (χ0) is 18.5. The Morgan fingerprint density at radius 2 is 2.04 bits per heavy atom. The van der Waals surface area contributed by atoms with Gasteiger partial charge in [-0.1, -0.05) is 6.07 Å². The van der Waals surface area contributed by atoms with Gasteiger partial charge in [-0.25, -0.2) is 4.98 Å². The maximum atomic E-state index is 12.2. The first-order chi connectivity index (χ1) is 12.5. The van der Waals surface area contributed by atoms with E-state index in [1.165, 1.54) is 18.4 Å². The molecule has 0 spiro atoms. The van der Waals surface area contributed by atoms with Crippen molar-refractivity contribution < 1.29 is 22.7 Å². The molecule has 0 aliphatic heterocycles. The molecule has 1 aromatic carbocycles. The van der Waals surface area contributed by atoms with Crippen molar-refractivity contribution in [1.82, 2.24) is 15.3 Å². The number of carbonyl (C=O) groups is 1. The van der Waals surface area contributed by atoms with Crippen LogP contribution in [0.3, 0.4) is 0 Å². The number of ether oxygens (including phenoxy) is 1. The van der Waals surface area contributed by atoms with Gasteiger partial charge < -0.3 is 14.5 Å². The second-order valence-corrected chi connectivity index (χ2v) is 5.40. The topological polar surface area (TPSA) is 77.2 Å². The van der Waals surface area contributed by atoms with Crippen molar-refractivity contribution >= 4 is 5.91 Å². The van der Waals surface area contributed by atoms with Crippen LogP contribution in [0.4, 0.5) is 8.78 Å². The Kier molecular flexibility index (Phi) is 5.21. The van der Waals surface area contributed by atoms with Gasteiger partial charge in [0.25, 0.3) is 5.91 Å². The van der Waals surface area contributed by atoms with Crippen molar-refractivity contribution in [3.63, 3.8) is 0 Å². The molecule has 1 amide bonds. The summed E-state index contributed by atoms with van der Waals surface area (Å²) in [4.78, 5) is 20.5. The lowest BCUT2D eigenvalue weighted by Crippen LogP contribution is -2.24.